The summed E-state index contributed by atoms with van der Waals surface area (Å²) in [5, 5.41) is 11.1. The number of ether oxygens (including phenoxy) is 1. The maximum atomic E-state index is 12.5. The van der Waals surface area contributed by atoms with Gasteiger partial charge in [0.05, 0.1) is 10.0 Å². The molecular formula is C16H12Cl2N2O5S. The number of nitrogens with zero attached hydrogens (tertiary/aromatic N) is 1. The minimum absolute atomic E-state index is 0.00762. The van der Waals surface area contributed by atoms with Crippen LogP contribution in [0.1, 0.15) is 5.56 Å². The highest BCUT2D eigenvalue weighted by Gasteiger charge is 2.32. The summed E-state index contributed by atoms with van der Waals surface area (Å²) in [4.78, 5) is 36.3. The molecule has 0 bridgehead atoms. The molecule has 0 saturated carbocycles. The highest BCUT2D eigenvalue weighted by molar-refractivity contribution is 7.80. The molecule has 0 spiro atoms. The van der Waals surface area contributed by atoms with E-state index in [1.54, 1.807) is 0 Å². The van der Waals surface area contributed by atoms with Crippen LogP contribution >= 0.6 is 35.4 Å². The molecule has 0 aromatic heterocycles. The molecule has 26 heavy (non-hydrogen) atoms. The molecule has 0 radical (unpaired) electrons. The van der Waals surface area contributed by atoms with Crippen molar-refractivity contribution in [3.05, 3.63) is 46.0 Å². The number of rotatable bonds is 6. The number of carboxylic acid groups (broad SMARTS) is 1. The third kappa shape index (κ3) is 4.40. The van der Waals surface area contributed by atoms with Crippen LogP contribution in [0.15, 0.2) is 30.4 Å². The molecule has 1 aromatic rings. The van der Waals surface area contributed by atoms with Crippen LogP contribution in [-0.4, -0.2) is 46.1 Å². The summed E-state index contributed by atoms with van der Waals surface area (Å²) in [5.41, 5.74) is 0.194. The average molecular weight is 415 g/mol. The summed E-state index contributed by atoms with van der Waals surface area (Å²) < 4.78 is 5.01. The minimum Gasteiger partial charge on any atom is -0.479 e. The van der Waals surface area contributed by atoms with Gasteiger partial charge in [-0.05, 0) is 36.0 Å². The molecule has 1 saturated heterocycles. The number of carboxylic acids is 1. The van der Waals surface area contributed by atoms with Gasteiger partial charge in [-0.3, -0.25) is 19.8 Å². The minimum atomic E-state index is -1.19. The molecule has 1 aliphatic rings. The van der Waals surface area contributed by atoms with Gasteiger partial charge in [0.2, 0.25) is 0 Å². The first-order valence-electron chi connectivity index (χ1n) is 7.08. The van der Waals surface area contributed by atoms with Gasteiger partial charge in [0.15, 0.2) is 17.5 Å². The summed E-state index contributed by atoms with van der Waals surface area (Å²) in [7, 11) is 0. The molecule has 7 nitrogen and oxygen atoms in total. The number of nitrogens with one attached hydrogen (secondary N) is 1. The first-order valence-corrected chi connectivity index (χ1v) is 8.24. The van der Waals surface area contributed by atoms with Crippen molar-refractivity contribution >= 4 is 64.4 Å². The van der Waals surface area contributed by atoms with E-state index in [1.807, 2.05) is 0 Å². The molecule has 1 aromatic carbocycles. The lowest BCUT2D eigenvalue weighted by molar-refractivity contribution is -0.139. The fourth-order valence-electron chi connectivity index (χ4n) is 2.09. The van der Waals surface area contributed by atoms with Crippen molar-refractivity contribution in [1.82, 2.24) is 10.2 Å². The van der Waals surface area contributed by atoms with Gasteiger partial charge in [-0.25, -0.2) is 4.79 Å². The lowest BCUT2D eigenvalue weighted by atomic mass is 10.1. The van der Waals surface area contributed by atoms with E-state index in [1.165, 1.54) is 29.2 Å². The number of hydrogen-bond acceptors (Lipinski definition) is 5. The van der Waals surface area contributed by atoms with E-state index in [0.717, 1.165) is 0 Å². The van der Waals surface area contributed by atoms with E-state index in [-0.39, 0.29) is 33.0 Å². The van der Waals surface area contributed by atoms with Gasteiger partial charge >= 0.3 is 5.97 Å². The first kappa shape index (κ1) is 19.9. The molecule has 2 N–H and O–H groups in total. The van der Waals surface area contributed by atoms with Crippen molar-refractivity contribution in [1.29, 1.82) is 0 Å². The molecule has 10 heteroatoms. The molecule has 2 amide bonds. The number of benzene rings is 1. The number of hydrogen-bond donors (Lipinski definition) is 2. The van der Waals surface area contributed by atoms with Crippen molar-refractivity contribution < 1.29 is 24.2 Å². The summed E-state index contributed by atoms with van der Waals surface area (Å²) in [6.07, 6.45) is 2.77. The second kappa shape index (κ2) is 8.31. The van der Waals surface area contributed by atoms with Gasteiger partial charge in [-0.2, -0.15) is 0 Å². The van der Waals surface area contributed by atoms with E-state index in [2.05, 4.69) is 11.9 Å². The van der Waals surface area contributed by atoms with E-state index in [4.69, 9.17) is 45.3 Å². The smallest absolute Gasteiger partial charge is 0.341 e. The SMILES string of the molecule is C=CCN1C(=O)/C(=C\c2cc(Cl)c(OCC(=O)O)c(Cl)c2)C(=O)NC1=S. The predicted octanol–water partition coefficient (Wildman–Crippen LogP) is 2.27. The van der Waals surface area contributed by atoms with Crippen LogP contribution < -0.4 is 10.1 Å². The van der Waals surface area contributed by atoms with Crippen molar-refractivity contribution in [3.8, 4) is 5.75 Å². The van der Waals surface area contributed by atoms with E-state index >= 15 is 0 Å². The normalized spacial score (nSPS) is 15.8. The maximum absolute atomic E-state index is 12.5. The number of carbonyl (C=O) groups excluding carboxylic acids is 2. The van der Waals surface area contributed by atoms with Gasteiger partial charge in [-0.1, -0.05) is 29.3 Å². The summed E-state index contributed by atoms with van der Waals surface area (Å²) in [6.45, 7) is 3.06. The summed E-state index contributed by atoms with van der Waals surface area (Å²) in [6, 6.07) is 2.78. The Kier molecular flexibility index (Phi) is 6.36. The monoisotopic (exact) mass is 414 g/mol. The summed E-state index contributed by atoms with van der Waals surface area (Å²) >= 11 is 17.1. The van der Waals surface area contributed by atoms with Crippen molar-refractivity contribution in [3.63, 3.8) is 0 Å². The number of aliphatic carboxylic acids is 1. The zero-order valence-electron chi connectivity index (χ0n) is 13.1. The van der Waals surface area contributed by atoms with Crippen LogP contribution in [0.3, 0.4) is 0 Å². The largest absolute Gasteiger partial charge is 0.479 e. The van der Waals surface area contributed by atoms with Crippen molar-refractivity contribution in [2.45, 2.75) is 0 Å². The average Bonchev–Trinajstić information content (AvgIpc) is 2.54. The van der Waals surface area contributed by atoms with E-state index in [0.29, 0.717) is 5.56 Å². The Balaban J connectivity index is 2.37. The zero-order chi connectivity index (χ0) is 19.4. The Labute approximate surface area is 163 Å². The van der Waals surface area contributed by atoms with Crippen molar-refractivity contribution in [2.24, 2.45) is 0 Å². The van der Waals surface area contributed by atoms with Crippen LogP contribution in [0.2, 0.25) is 10.0 Å². The molecule has 136 valence electrons. The number of carbonyl (C=O) groups is 3. The van der Waals surface area contributed by atoms with E-state index in [9.17, 15) is 14.4 Å². The fourth-order valence-corrected chi connectivity index (χ4v) is 2.95. The lowest BCUT2D eigenvalue weighted by Crippen LogP contribution is -2.53. The summed E-state index contributed by atoms with van der Waals surface area (Å²) in [5.74, 6) is -2.44. The Hall–Kier alpha value is -2.42. The Morgan fingerprint density at radius 1 is 1.35 bits per heavy atom. The number of amides is 2. The second-order valence-corrected chi connectivity index (χ2v) is 6.22. The predicted molar refractivity (Wildman–Crippen MR) is 100 cm³/mol. The Morgan fingerprint density at radius 2 is 1.96 bits per heavy atom. The first-order chi connectivity index (χ1) is 12.2. The molecule has 0 unspecified atom stereocenters. The zero-order valence-corrected chi connectivity index (χ0v) is 15.5. The van der Waals surface area contributed by atoms with Gasteiger partial charge in [0.1, 0.15) is 5.57 Å². The van der Waals surface area contributed by atoms with Crippen LogP contribution in [0.25, 0.3) is 6.08 Å². The molecule has 0 aliphatic carbocycles. The highest BCUT2D eigenvalue weighted by atomic mass is 35.5. The lowest BCUT2D eigenvalue weighted by Gasteiger charge is -2.27. The third-order valence-corrected chi connectivity index (χ3v) is 4.05. The molecule has 2 rings (SSSR count). The highest BCUT2D eigenvalue weighted by Crippen LogP contribution is 2.35. The standard InChI is InChI=1S/C16H12Cl2N2O5S/c1-2-3-20-15(24)9(14(23)19-16(20)26)4-8-5-10(17)13(11(18)6-8)25-7-12(21)22/h2,4-6H,1,3,7H2,(H,21,22)(H,19,23,26)/b9-4-. The molecule has 1 heterocycles. The van der Waals surface area contributed by atoms with E-state index < -0.39 is 24.4 Å². The quantitative estimate of drug-likeness (QED) is 0.320. The molecule has 0 atom stereocenters. The molecule has 1 fully saturated rings. The van der Waals surface area contributed by atoms with Crippen LogP contribution in [0.5, 0.6) is 5.75 Å². The second-order valence-electron chi connectivity index (χ2n) is 5.02. The van der Waals surface area contributed by atoms with Gasteiger partial charge in [-0.15, -0.1) is 6.58 Å². The Morgan fingerprint density at radius 3 is 2.50 bits per heavy atom. The topological polar surface area (TPSA) is 95.9 Å². The van der Waals surface area contributed by atoms with Gasteiger partial charge < -0.3 is 9.84 Å². The third-order valence-electron chi connectivity index (χ3n) is 3.17. The number of halogens is 2. The fraction of sp³-hybridized carbons (Fsp3) is 0.125. The Bertz CT molecular complexity index is 830. The maximum Gasteiger partial charge on any atom is 0.341 e. The van der Waals surface area contributed by atoms with Crippen LogP contribution in [0, 0.1) is 0 Å². The number of thiocarbonyl (C=S) groups is 1. The van der Waals surface area contributed by atoms with Crippen molar-refractivity contribution in [2.75, 3.05) is 13.2 Å². The van der Waals surface area contributed by atoms with Gasteiger partial charge in [0, 0.05) is 6.54 Å². The van der Waals surface area contributed by atoms with Crippen LogP contribution in [0.4, 0.5) is 0 Å². The molecular weight excluding hydrogens is 403 g/mol. The van der Waals surface area contributed by atoms with Gasteiger partial charge in [0.25, 0.3) is 11.8 Å². The molecule has 1 aliphatic heterocycles. The van der Waals surface area contributed by atoms with Crippen LogP contribution in [-0.2, 0) is 14.4 Å².